The number of amides is 1. The molecule has 0 saturated heterocycles. The molecule has 0 spiro atoms. The van der Waals surface area contributed by atoms with E-state index in [1.165, 1.54) is 0 Å². The molecule has 0 unspecified atom stereocenters. The van der Waals surface area contributed by atoms with Crippen LogP contribution in [-0.2, 0) is 9.53 Å². The fourth-order valence-electron chi connectivity index (χ4n) is 2.18. The van der Waals surface area contributed by atoms with E-state index in [4.69, 9.17) is 27.9 Å². The zero-order valence-corrected chi connectivity index (χ0v) is 14.6. The van der Waals surface area contributed by atoms with Crippen molar-refractivity contribution in [3.63, 3.8) is 0 Å². The number of para-hydroxylation sites is 1. The zero-order valence-electron chi connectivity index (χ0n) is 13.1. The Morgan fingerprint density at radius 3 is 2.68 bits per heavy atom. The van der Waals surface area contributed by atoms with Crippen molar-refractivity contribution >= 4 is 46.4 Å². The normalized spacial score (nSPS) is 10.7. The van der Waals surface area contributed by atoms with Crippen LogP contribution in [0.15, 0.2) is 42.7 Å². The summed E-state index contributed by atoms with van der Waals surface area (Å²) in [6, 6.07) is 8.57. The van der Waals surface area contributed by atoms with E-state index in [1.54, 1.807) is 35.0 Å². The first kappa shape index (κ1) is 17.3. The summed E-state index contributed by atoms with van der Waals surface area (Å²) in [7, 11) is 0. The number of benzene rings is 1. The molecule has 0 aliphatic rings. The highest BCUT2D eigenvalue weighted by Crippen LogP contribution is 2.29. The van der Waals surface area contributed by atoms with E-state index in [1.807, 2.05) is 19.1 Å². The highest BCUT2D eigenvalue weighted by Gasteiger charge is 2.15. The van der Waals surface area contributed by atoms with Crippen LogP contribution in [0.3, 0.4) is 0 Å². The molecule has 25 heavy (non-hydrogen) atoms. The summed E-state index contributed by atoms with van der Waals surface area (Å²) in [4.78, 5) is 28.2. The summed E-state index contributed by atoms with van der Waals surface area (Å²) in [6.45, 7) is 1.45. The summed E-state index contributed by atoms with van der Waals surface area (Å²) in [5, 5.41) is 3.10. The van der Waals surface area contributed by atoms with Gasteiger partial charge in [0, 0.05) is 12.4 Å². The molecule has 3 rings (SSSR count). The van der Waals surface area contributed by atoms with Gasteiger partial charge >= 0.3 is 5.97 Å². The molecule has 128 valence electrons. The van der Waals surface area contributed by atoms with E-state index in [-0.39, 0.29) is 11.4 Å². The third-order valence-corrected chi connectivity index (χ3v) is 4.02. The summed E-state index contributed by atoms with van der Waals surface area (Å²) < 4.78 is 6.69. The maximum Gasteiger partial charge on any atom is 0.359 e. The average molecular weight is 378 g/mol. The number of hydrogen-bond donors (Lipinski definition) is 1. The number of carbonyl (C=O) groups excluding carboxylic acids is 2. The van der Waals surface area contributed by atoms with Crippen LogP contribution in [0.2, 0.25) is 10.0 Å². The van der Waals surface area contributed by atoms with Gasteiger partial charge in [0.1, 0.15) is 5.65 Å². The number of ether oxygens (including phenoxy) is 1. The Kier molecular flexibility index (Phi) is 4.92. The molecular weight excluding hydrogens is 365 g/mol. The molecule has 6 nitrogen and oxygen atoms in total. The fourth-order valence-corrected chi connectivity index (χ4v) is 2.67. The number of pyridine rings is 1. The van der Waals surface area contributed by atoms with Crippen LogP contribution >= 0.6 is 23.2 Å². The number of esters is 1. The maximum absolute atomic E-state index is 12.1. The summed E-state index contributed by atoms with van der Waals surface area (Å²) >= 11 is 11.9. The number of rotatable bonds is 4. The van der Waals surface area contributed by atoms with E-state index in [0.717, 1.165) is 5.56 Å². The Hall–Kier alpha value is -2.57. The van der Waals surface area contributed by atoms with Gasteiger partial charge in [-0.2, -0.15) is 0 Å². The quantitative estimate of drug-likeness (QED) is 0.702. The third-order valence-electron chi connectivity index (χ3n) is 3.39. The predicted molar refractivity (Wildman–Crippen MR) is 95.3 cm³/mol. The Labute approximate surface area is 153 Å². The van der Waals surface area contributed by atoms with Gasteiger partial charge in [0.2, 0.25) is 0 Å². The Bertz CT molecular complexity index is 949. The molecule has 1 N–H and O–H groups in total. The molecule has 2 heterocycles. The minimum atomic E-state index is -0.693. The zero-order chi connectivity index (χ0) is 18.0. The van der Waals surface area contributed by atoms with Gasteiger partial charge in [0.25, 0.3) is 5.91 Å². The number of imidazole rings is 1. The van der Waals surface area contributed by atoms with Gasteiger partial charge < -0.3 is 14.5 Å². The number of nitrogens with zero attached hydrogens (tertiary/aromatic N) is 2. The predicted octanol–water partition coefficient (Wildman–Crippen LogP) is 3.75. The number of fused-ring (bicyclic) bond motifs is 1. The van der Waals surface area contributed by atoms with Gasteiger partial charge in [0.15, 0.2) is 12.3 Å². The number of anilines is 1. The number of aromatic nitrogens is 2. The lowest BCUT2D eigenvalue weighted by atomic mass is 10.3. The molecule has 1 aromatic carbocycles. The number of carbonyl (C=O) groups is 2. The van der Waals surface area contributed by atoms with Crippen molar-refractivity contribution in [2.75, 3.05) is 11.9 Å². The van der Waals surface area contributed by atoms with Crippen LogP contribution in [0.25, 0.3) is 5.65 Å². The van der Waals surface area contributed by atoms with Crippen molar-refractivity contribution in [2.45, 2.75) is 6.92 Å². The molecule has 0 aliphatic heterocycles. The molecular formula is C17H13Cl2N3O3. The standard InChI is InChI=1S/C17H13Cl2N3O3/c1-10-5-6-22-8-13(20-14(22)7-10)17(24)25-9-15(23)21-16-11(18)3-2-4-12(16)19/h2-8H,9H2,1H3,(H,21,23). The maximum atomic E-state index is 12.1. The van der Waals surface area contributed by atoms with Crippen molar-refractivity contribution in [3.05, 3.63) is 64.0 Å². The first-order valence-corrected chi connectivity index (χ1v) is 8.06. The molecule has 0 saturated carbocycles. The Morgan fingerprint density at radius 2 is 1.96 bits per heavy atom. The van der Waals surface area contributed by atoms with Crippen LogP contribution < -0.4 is 5.32 Å². The van der Waals surface area contributed by atoms with Gasteiger partial charge in [-0.15, -0.1) is 0 Å². The SMILES string of the molecule is Cc1ccn2cc(C(=O)OCC(=O)Nc3c(Cl)cccc3Cl)nc2c1. The lowest BCUT2D eigenvalue weighted by molar-refractivity contribution is -0.119. The van der Waals surface area contributed by atoms with Crippen molar-refractivity contribution in [2.24, 2.45) is 0 Å². The molecule has 0 aliphatic carbocycles. The summed E-state index contributed by atoms with van der Waals surface area (Å²) in [5.74, 6) is -1.25. The first-order chi connectivity index (χ1) is 11.9. The second-order valence-electron chi connectivity index (χ2n) is 5.32. The van der Waals surface area contributed by atoms with Crippen LogP contribution in [0.5, 0.6) is 0 Å². The fraction of sp³-hybridized carbons (Fsp3) is 0.118. The molecule has 0 bridgehead atoms. The molecule has 0 atom stereocenters. The molecule has 0 fully saturated rings. The van der Waals surface area contributed by atoms with E-state index in [2.05, 4.69) is 10.3 Å². The van der Waals surface area contributed by atoms with Crippen molar-refractivity contribution in [3.8, 4) is 0 Å². The van der Waals surface area contributed by atoms with Crippen molar-refractivity contribution in [1.29, 1.82) is 0 Å². The van der Waals surface area contributed by atoms with Crippen LogP contribution in [-0.4, -0.2) is 27.9 Å². The highest BCUT2D eigenvalue weighted by atomic mass is 35.5. The number of hydrogen-bond acceptors (Lipinski definition) is 4. The average Bonchev–Trinajstić information content (AvgIpc) is 2.99. The minimum Gasteiger partial charge on any atom is -0.451 e. The largest absolute Gasteiger partial charge is 0.451 e. The Morgan fingerprint density at radius 1 is 1.24 bits per heavy atom. The van der Waals surface area contributed by atoms with Crippen LogP contribution in [0.4, 0.5) is 5.69 Å². The monoisotopic (exact) mass is 377 g/mol. The smallest absolute Gasteiger partial charge is 0.359 e. The van der Waals surface area contributed by atoms with Gasteiger partial charge in [-0.25, -0.2) is 9.78 Å². The van der Waals surface area contributed by atoms with Crippen molar-refractivity contribution in [1.82, 2.24) is 9.38 Å². The lowest BCUT2D eigenvalue weighted by Crippen LogP contribution is -2.21. The third kappa shape index (κ3) is 3.92. The Balaban J connectivity index is 1.64. The number of aryl methyl sites for hydroxylation is 1. The van der Waals surface area contributed by atoms with E-state index < -0.39 is 18.5 Å². The molecule has 2 aromatic heterocycles. The van der Waals surface area contributed by atoms with E-state index >= 15 is 0 Å². The van der Waals surface area contributed by atoms with E-state index in [0.29, 0.717) is 15.7 Å². The van der Waals surface area contributed by atoms with Gasteiger partial charge in [-0.05, 0) is 36.8 Å². The second kappa shape index (κ2) is 7.13. The van der Waals surface area contributed by atoms with Crippen LogP contribution in [0.1, 0.15) is 16.1 Å². The molecule has 3 aromatic rings. The van der Waals surface area contributed by atoms with Gasteiger partial charge in [-0.3, -0.25) is 4.79 Å². The highest BCUT2D eigenvalue weighted by molar-refractivity contribution is 6.39. The molecule has 8 heteroatoms. The second-order valence-corrected chi connectivity index (χ2v) is 6.13. The summed E-state index contributed by atoms with van der Waals surface area (Å²) in [5.41, 5.74) is 2.04. The molecule has 0 radical (unpaired) electrons. The van der Waals surface area contributed by atoms with Crippen LogP contribution in [0, 0.1) is 6.92 Å². The van der Waals surface area contributed by atoms with Gasteiger partial charge in [-0.1, -0.05) is 29.3 Å². The molecule has 1 amide bonds. The minimum absolute atomic E-state index is 0.120. The number of halogens is 2. The number of nitrogens with one attached hydrogen (secondary N) is 1. The lowest BCUT2D eigenvalue weighted by Gasteiger charge is -2.09. The summed E-state index contributed by atoms with van der Waals surface area (Å²) in [6.07, 6.45) is 3.33. The van der Waals surface area contributed by atoms with Gasteiger partial charge in [0.05, 0.1) is 15.7 Å². The van der Waals surface area contributed by atoms with Crippen molar-refractivity contribution < 1.29 is 14.3 Å². The van der Waals surface area contributed by atoms with E-state index in [9.17, 15) is 9.59 Å². The first-order valence-electron chi connectivity index (χ1n) is 7.30. The topological polar surface area (TPSA) is 72.7 Å².